The van der Waals surface area contributed by atoms with Crippen LogP contribution in [0.4, 0.5) is 0 Å². The molecule has 298 valence electrons. The molecule has 4 N–H and O–H groups in total. The lowest BCUT2D eigenvalue weighted by Gasteiger charge is -2.14. The van der Waals surface area contributed by atoms with Gasteiger partial charge in [-0.05, 0) is 70.8 Å². The van der Waals surface area contributed by atoms with Crippen molar-refractivity contribution in [3.05, 3.63) is 151 Å². The molecule has 3 heterocycles. The van der Waals surface area contributed by atoms with E-state index in [1.807, 2.05) is 66.7 Å². The van der Waals surface area contributed by atoms with Crippen molar-refractivity contribution in [3.8, 4) is 29.1 Å². The third-order valence-electron chi connectivity index (χ3n) is 9.76. The minimum atomic E-state index is 0.0327. The minimum Gasteiger partial charge on any atom is -0.506 e. The van der Waals surface area contributed by atoms with Crippen molar-refractivity contribution in [2.75, 3.05) is 19.6 Å². The van der Waals surface area contributed by atoms with Gasteiger partial charge in [0, 0.05) is 56.7 Å². The van der Waals surface area contributed by atoms with Crippen LogP contribution in [-0.4, -0.2) is 42.5 Å². The van der Waals surface area contributed by atoms with Crippen LogP contribution in [0.5, 0.6) is 23.0 Å². The predicted molar refractivity (Wildman–Crippen MR) is 224 cm³/mol. The number of phenols is 1. The number of carbonyl (C=O) groups is 3. The number of nitriles is 1. The van der Waals surface area contributed by atoms with Crippen LogP contribution in [0, 0.1) is 11.3 Å². The zero-order chi connectivity index (χ0) is 41.2. The molecule has 10 nitrogen and oxygen atoms in total. The van der Waals surface area contributed by atoms with Crippen molar-refractivity contribution in [2.24, 2.45) is 0 Å². The summed E-state index contributed by atoms with van der Waals surface area (Å²) in [6, 6.07) is 33.2. The Hall–Kier alpha value is -5.44. The molecule has 0 aromatic heterocycles. The molecule has 3 atom stereocenters. The summed E-state index contributed by atoms with van der Waals surface area (Å²) >= 11 is 24.2. The number of hydrogen-bond acceptors (Lipinski definition) is 7. The van der Waals surface area contributed by atoms with Crippen LogP contribution in [0.2, 0.25) is 20.1 Å². The zero-order valence-electron chi connectivity index (χ0n) is 30.9. The number of carbonyl (C=O) groups excluding carboxylic acids is 3. The largest absolute Gasteiger partial charge is 0.506 e. The number of nitrogens with zero attached hydrogens (tertiary/aromatic N) is 1. The van der Waals surface area contributed by atoms with Crippen LogP contribution >= 0.6 is 46.4 Å². The normalized spacial score (nSPS) is 18.1. The zero-order valence-corrected chi connectivity index (χ0v) is 34.0. The van der Waals surface area contributed by atoms with Gasteiger partial charge in [-0.2, -0.15) is 5.26 Å². The molecule has 3 aliphatic rings. The number of halogens is 4. The fourth-order valence-corrected chi connectivity index (χ4v) is 7.25. The van der Waals surface area contributed by atoms with E-state index in [-0.39, 0.29) is 47.0 Å². The highest BCUT2D eigenvalue weighted by Crippen LogP contribution is 2.38. The molecule has 8 rings (SSSR count). The van der Waals surface area contributed by atoms with Crippen molar-refractivity contribution >= 4 is 64.1 Å². The van der Waals surface area contributed by atoms with Crippen LogP contribution in [0.3, 0.4) is 0 Å². The Morgan fingerprint density at radius 2 is 1.10 bits per heavy atom. The Morgan fingerprint density at radius 3 is 1.60 bits per heavy atom. The summed E-state index contributed by atoms with van der Waals surface area (Å²) in [5, 5.41) is 28.6. The first-order chi connectivity index (χ1) is 28.0. The highest BCUT2D eigenvalue weighted by atomic mass is 35.5. The van der Waals surface area contributed by atoms with Gasteiger partial charge in [0.15, 0.2) is 5.75 Å². The van der Waals surface area contributed by atoms with Gasteiger partial charge in [-0.15, -0.1) is 0 Å². The molecule has 3 amide bonds. The number of para-hydroxylation sites is 1. The summed E-state index contributed by atoms with van der Waals surface area (Å²) in [5.74, 6) is 2.06. The van der Waals surface area contributed by atoms with Gasteiger partial charge in [0.1, 0.15) is 29.9 Å². The first-order valence-electron chi connectivity index (χ1n) is 18.4. The van der Waals surface area contributed by atoms with Gasteiger partial charge >= 0.3 is 0 Å². The van der Waals surface area contributed by atoms with E-state index in [0.29, 0.717) is 82.7 Å². The Balaban J connectivity index is 0.000000151. The monoisotopic (exact) mass is 858 g/mol. The number of phenolic OH excluding ortho intramolecular Hbond substituents is 1. The molecule has 14 heteroatoms. The van der Waals surface area contributed by atoms with Crippen LogP contribution < -0.4 is 25.4 Å². The average molecular weight is 861 g/mol. The third-order valence-corrected chi connectivity index (χ3v) is 11.0. The lowest BCUT2D eigenvalue weighted by atomic mass is 9.98. The second kappa shape index (κ2) is 19.8. The molecule has 3 aliphatic heterocycles. The Morgan fingerprint density at radius 1 is 0.603 bits per heavy atom. The molecule has 58 heavy (non-hydrogen) atoms. The van der Waals surface area contributed by atoms with E-state index in [4.69, 9.17) is 55.9 Å². The number of rotatable bonds is 8. The lowest BCUT2D eigenvalue weighted by Crippen LogP contribution is -2.13. The first-order valence-corrected chi connectivity index (χ1v) is 19.9. The highest BCUT2D eigenvalue weighted by molar-refractivity contribution is 6.33. The van der Waals surface area contributed by atoms with Gasteiger partial charge in [-0.1, -0.05) is 101 Å². The minimum absolute atomic E-state index is 0.0327. The van der Waals surface area contributed by atoms with Crippen LogP contribution in [0.1, 0.15) is 64.8 Å². The Labute approximate surface area is 356 Å². The van der Waals surface area contributed by atoms with Crippen molar-refractivity contribution in [2.45, 2.75) is 43.6 Å². The molecule has 0 bridgehead atoms. The fraction of sp³-hybridized carbons (Fsp3) is 0.227. The predicted octanol–water partition coefficient (Wildman–Crippen LogP) is 9.43. The van der Waals surface area contributed by atoms with Crippen molar-refractivity contribution in [1.29, 1.82) is 5.26 Å². The SMILES string of the molecule is N#Cc1cccc(Cl)c1Oc1cc([C@@H]2CNC(=O)C2)ccc1Cl.O=C1C[C@H](c2ccc(Cl)c(O)c2)CN1.O=C1C[C@H](c2ccc(Cl)c(OCc3ccccc3)c2)CN1. The molecule has 0 spiro atoms. The highest BCUT2D eigenvalue weighted by Gasteiger charge is 2.26. The van der Waals surface area contributed by atoms with E-state index in [1.165, 1.54) is 0 Å². The molecule has 5 aromatic carbocycles. The number of benzene rings is 5. The topological polar surface area (TPSA) is 150 Å². The maximum Gasteiger partial charge on any atom is 0.220 e. The number of nitrogens with one attached hydrogen (secondary N) is 3. The van der Waals surface area contributed by atoms with Crippen LogP contribution in [0.25, 0.3) is 0 Å². The number of amides is 3. The van der Waals surface area contributed by atoms with Gasteiger partial charge in [0.05, 0.1) is 25.7 Å². The van der Waals surface area contributed by atoms with E-state index >= 15 is 0 Å². The van der Waals surface area contributed by atoms with Gasteiger partial charge < -0.3 is 30.5 Å². The van der Waals surface area contributed by atoms with E-state index < -0.39 is 0 Å². The molecule has 5 aromatic rings. The Kier molecular flexibility index (Phi) is 14.4. The molecular weight excluding hydrogens is 822 g/mol. The molecular formula is C44H38Cl4N4O6. The summed E-state index contributed by atoms with van der Waals surface area (Å²) in [6.45, 7) is 2.39. The summed E-state index contributed by atoms with van der Waals surface area (Å²) < 4.78 is 11.6. The van der Waals surface area contributed by atoms with Crippen LogP contribution in [0.15, 0.2) is 103 Å². The van der Waals surface area contributed by atoms with Gasteiger partial charge in [0.25, 0.3) is 0 Å². The number of aromatic hydroxyl groups is 1. The molecule has 3 saturated heterocycles. The van der Waals surface area contributed by atoms with Gasteiger partial charge in [-0.25, -0.2) is 0 Å². The number of ether oxygens (including phenoxy) is 2. The van der Waals surface area contributed by atoms with E-state index in [0.717, 1.165) is 22.3 Å². The van der Waals surface area contributed by atoms with E-state index in [1.54, 1.807) is 42.5 Å². The molecule has 0 aliphatic carbocycles. The second-order valence-electron chi connectivity index (χ2n) is 13.8. The molecule has 3 fully saturated rings. The van der Waals surface area contributed by atoms with E-state index in [2.05, 4.69) is 16.0 Å². The fourth-order valence-electron chi connectivity index (χ4n) is 6.59. The molecule has 0 saturated carbocycles. The van der Waals surface area contributed by atoms with Gasteiger partial charge in [-0.3, -0.25) is 14.4 Å². The average Bonchev–Trinajstić information content (AvgIpc) is 3.99. The second-order valence-corrected chi connectivity index (χ2v) is 15.4. The number of hydrogen-bond donors (Lipinski definition) is 4. The maximum absolute atomic E-state index is 11.4. The standard InChI is InChI=1S/C17H12Cl2N2O2.C17H16ClNO2.C10H10ClNO2/c18-13-5-4-10(12-7-16(22)21-9-12)6-15(13)23-17-11(8-20)2-1-3-14(17)19;18-15-7-6-13(14-9-17(20)19-10-14)8-16(15)21-11-12-4-2-1-3-5-12;11-8-2-1-6(3-9(8)13)7-4-10(14)12-5-7/h1-6,12H,7,9H2,(H,21,22);1-8,14H,9-11H2,(H,19,20);1-3,7,13H,4-5H2,(H,12,14)/t12-;14-;7-/m000/s1. The molecule has 0 radical (unpaired) electrons. The van der Waals surface area contributed by atoms with Crippen molar-refractivity contribution < 1.29 is 29.0 Å². The van der Waals surface area contributed by atoms with Crippen LogP contribution in [-0.2, 0) is 21.0 Å². The molecule has 0 unspecified atom stereocenters. The summed E-state index contributed by atoms with van der Waals surface area (Å²) in [6.07, 6.45) is 1.46. The van der Waals surface area contributed by atoms with Crippen molar-refractivity contribution in [1.82, 2.24) is 16.0 Å². The smallest absolute Gasteiger partial charge is 0.220 e. The maximum atomic E-state index is 11.4. The third kappa shape index (κ3) is 11.1. The Bertz CT molecular complexity index is 2340. The summed E-state index contributed by atoms with van der Waals surface area (Å²) in [5.41, 5.74) is 4.41. The lowest BCUT2D eigenvalue weighted by molar-refractivity contribution is -0.120. The summed E-state index contributed by atoms with van der Waals surface area (Å²) in [7, 11) is 0. The van der Waals surface area contributed by atoms with Gasteiger partial charge in [0.2, 0.25) is 17.7 Å². The summed E-state index contributed by atoms with van der Waals surface area (Å²) in [4.78, 5) is 33.7. The van der Waals surface area contributed by atoms with Crippen molar-refractivity contribution in [3.63, 3.8) is 0 Å². The van der Waals surface area contributed by atoms with E-state index in [9.17, 15) is 24.8 Å². The quantitative estimate of drug-likeness (QED) is 0.121. The first kappa shape index (κ1) is 42.2.